The van der Waals surface area contributed by atoms with Gasteiger partial charge in [0.2, 0.25) is 0 Å². The Bertz CT molecular complexity index is 1740. The molecule has 0 fully saturated rings. The standard InChI is InChI=1S/C38H34INO5/c1-26(2)33-21-34(36(45-25-29-11-7-4-8-12-29)22-35(33)44-24-28-9-5-3-6-10-28)37(41)40(32-19-17-31(39)18-20-32)23-27-13-15-30(16-14-27)38(42)43/h3-22,26H,23-25H2,1-2H3,(H,42,43). The number of carbonyl (C=O) groups excluding carboxylic acids is 1. The highest BCUT2D eigenvalue weighted by Crippen LogP contribution is 2.36. The van der Waals surface area contributed by atoms with Gasteiger partial charge in [0, 0.05) is 15.3 Å². The SMILES string of the molecule is CC(C)c1cc(C(=O)N(Cc2ccc(C(=O)O)cc2)c2ccc(I)cc2)c(OCc2ccccc2)cc1OCc1ccccc1. The molecule has 7 heteroatoms. The van der Waals surface area contributed by atoms with Crippen molar-refractivity contribution in [3.05, 3.63) is 158 Å². The summed E-state index contributed by atoms with van der Waals surface area (Å²) in [7, 11) is 0. The van der Waals surface area contributed by atoms with Crippen LogP contribution >= 0.6 is 22.6 Å². The predicted molar refractivity (Wildman–Crippen MR) is 185 cm³/mol. The summed E-state index contributed by atoms with van der Waals surface area (Å²) in [5.74, 6) is -0.0754. The molecular weight excluding hydrogens is 677 g/mol. The van der Waals surface area contributed by atoms with E-state index in [4.69, 9.17) is 9.47 Å². The van der Waals surface area contributed by atoms with E-state index in [1.165, 1.54) is 0 Å². The van der Waals surface area contributed by atoms with Crippen LogP contribution in [-0.4, -0.2) is 17.0 Å². The second kappa shape index (κ2) is 14.9. The molecule has 0 saturated carbocycles. The van der Waals surface area contributed by atoms with Crippen LogP contribution in [-0.2, 0) is 19.8 Å². The number of ether oxygens (including phenoxy) is 2. The van der Waals surface area contributed by atoms with Crippen LogP contribution in [0, 0.1) is 3.57 Å². The van der Waals surface area contributed by atoms with Crippen molar-refractivity contribution in [2.24, 2.45) is 0 Å². The highest BCUT2D eigenvalue weighted by atomic mass is 127. The normalized spacial score (nSPS) is 10.8. The molecule has 0 aliphatic rings. The Kier molecular flexibility index (Phi) is 10.5. The van der Waals surface area contributed by atoms with Crippen molar-refractivity contribution < 1.29 is 24.2 Å². The second-order valence-electron chi connectivity index (χ2n) is 11.0. The van der Waals surface area contributed by atoms with Crippen LogP contribution in [0.25, 0.3) is 0 Å². The molecule has 0 aliphatic heterocycles. The molecule has 0 atom stereocenters. The lowest BCUT2D eigenvalue weighted by Gasteiger charge is -2.26. The Morgan fingerprint density at radius 1 is 0.711 bits per heavy atom. The van der Waals surface area contributed by atoms with Gasteiger partial charge >= 0.3 is 5.97 Å². The first-order valence-corrected chi connectivity index (χ1v) is 15.8. The van der Waals surface area contributed by atoms with Crippen molar-refractivity contribution in [1.29, 1.82) is 0 Å². The maximum absolute atomic E-state index is 14.6. The van der Waals surface area contributed by atoms with Gasteiger partial charge in [0.05, 0.1) is 17.7 Å². The Balaban J connectivity index is 1.56. The fraction of sp³-hybridized carbons (Fsp3) is 0.158. The summed E-state index contributed by atoms with van der Waals surface area (Å²) >= 11 is 2.24. The van der Waals surface area contributed by atoms with Crippen molar-refractivity contribution in [3.8, 4) is 11.5 Å². The molecule has 0 spiro atoms. The Hall–Kier alpha value is -4.63. The molecule has 0 radical (unpaired) electrons. The highest BCUT2D eigenvalue weighted by molar-refractivity contribution is 14.1. The van der Waals surface area contributed by atoms with E-state index >= 15 is 0 Å². The third kappa shape index (κ3) is 8.30. The summed E-state index contributed by atoms with van der Waals surface area (Å²) in [6, 6.07) is 37.8. The van der Waals surface area contributed by atoms with E-state index in [2.05, 4.69) is 36.4 Å². The van der Waals surface area contributed by atoms with Gasteiger partial charge in [-0.2, -0.15) is 0 Å². The van der Waals surface area contributed by atoms with E-state index in [9.17, 15) is 14.7 Å². The average molecular weight is 712 g/mol. The zero-order chi connectivity index (χ0) is 31.8. The largest absolute Gasteiger partial charge is 0.488 e. The molecule has 1 amide bonds. The summed E-state index contributed by atoms with van der Waals surface area (Å²) in [4.78, 5) is 27.8. The quantitative estimate of drug-likeness (QED) is 0.131. The number of anilines is 1. The lowest BCUT2D eigenvalue weighted by Crippen LogP contribution is -2.31. The first kappa shape index (κ1) is 31.8. The number of nitrogens with zero attached hydrogens (tertiary/aromatic N) is 1. The minimum Gasteiger partial charge on any atom is -0.488 e. The fourth-order valence-corrected chi connectivity index (χ4v) is 5.25. The lowest BCUT2D eigenvalue weighted by atomic mass is 9.97. The van der Waals surface area contributed by atoms with Crippen LogP contribution in [0.2, 0.25) is 0 Å². The number of hydrogen-bond donors (Lipinski definition) is 1. The zero-order valence-corrected chi connectivity index (χ0v) is 27.3. The molecule has 6 nitrogen and oxygen atoms in total. The first-order chi connectivity index (χ1) is 21.8. The van der Waals surface area contributed by atoms with Crippen LogP contribution in [0.15, 0.2) is 121 Å². The molecule has 5 rings (SSSR count). The number of halogens is 1. The van der Waals surface area contributed by atoms with Gasteiger partial charge in [-0.25, -0.2) is 4.79 Å². The van der Waals surface area contributed by atoms with Crippen LogP contribution in [0.3, 0.4) is 0 Å². The fourth-order valence-electron chi connectivity index (χ4n) is 4.89. The number of aromatic carboxylic acids is 1. The first-order valence-electron chi connectivity index (χ1n) is 14.7. The van der Waals surface area contributed by atoms with E-state index < -0.39 is 5.97 Å². The molecule has 0 heterocycles. The summed E-state index contributed by atoms with van der Waals surface area (Å²) < 4.78 is 13.8. The van der Waals surface area contributed by atoms with E-state index in [1.807, 2.05) is 97.1 Å². The topological polar surface area (TPSA) is 76.1 Å². The van der Waals surface area contributed by atoms with Crippen molar-refractivity contribution >= 4 is 40.2 Å². The smallest absolute Gasteiger partial charge is 0.335 e. The summed E-state index contributed by atoms with van der Waals surface area (Å²) in [6.45, 7) is 5.04. The number of carboxylic acids is 1. The number of rotatable bonds is 12. The monoisotopic (exact) mass is 711 g/mol. The number of amides is 1. The third-order valence-electron chi connectivity index (χ3n) is 7.36. The number of hydrogen-bond acceptors (Lipinski definition) is 4. The third-order valence-corrected chi connectivity index (χ3v) is 8.08. The molecule has 45 heavy (non-hydrogen) atoms. The van der Waals surface area contributed by atoms with Gasteiger partial charge in [0.25, 0.3) is 5.91 Å². The van der Waals surface area contributed by atoms with Gasteiger partial charge in [-0.1, -0.05) is 86.6 Å². The number of carbonyl (C=O) groups is 2. The molecule has 1 N–H and O–H groups in total. The van der Waals surface area contributed by atoms with Gasteiger partial charge in [-0.3, -0.25) is 4.79 Å². The van der Waals surface area contributed by atoms with E-state index in [0.29, 0.717) is 29.4 Å². The van der Waals surface area contributed by atoms with Crippen LogP contribution in [0.5, 0.6) is 11.5 Å². The van der Waals surface area contributed by atoms with Crippen molar-refractivity contribution in [2.75, 3.05) is 4.90 Å². The summed E-state index contributed by atoms with van der Waals surface area (Å²) in [5, 5.41) is 9.37. The van der Waals surface area contributed by atoms with E-state index in [0.717, 1.165) is 25.8 Å². The Labute approximate surface area is 277 Å². The minimum atomic E-state index is -0.997. The lowest BCUT2D eigenvalue weighted by molar-refractivity contribution is 0.0696. The molecule has 0 bridgehead atoms. The molecule has 5 aromatic carbocycles. The molecular formula is C38H34INO5. The number of carboxylic acid groups (broad SMARTS) is 1. The van der Waals surface area contributed by atoms with Crippen LogP contribution < -0.4 is 14.4 Å². The van der Waals surface area contributed by atoms with Crippen LogP contribution in [0.1, 0.15) is 62.7 Å². The highest BCUT2D eigenvalue weighted by Gasteiger charge is 2.25. The summed E-state index contributed by atoms with van der Waals surface area (Å²) in [6.07, 6.45) is 0. The Morgan fingerprint density at radius 2 is 1.27 bits per heavy atom. The van der Waals surface area contributed by atoms with Crippen molar-refractivity contribution in [1.82, 2.24) is 0 Å². The molecule has 5 aromatic rings. The van der Waals surface area contributed by atoms with Crippen molar-refractivity contribution in [3.63, 3.8) is 0 Å². The Morgan fingerprint density at radius 3 is 1.80 bits per heavy atom. The predicted octanol–water partition coefficient (Wildman–Crippen LogP) is 9.12. The minimum absolute atomic E-state index is 0.0702. The van der Waals surface area contributed by atoms with Gasteiger partial charge in [-0.05, 0) is 93.2 Å². The van der Waals surface area contributed by atoms with Crippen LogP contribution in [0.4, 0.5) is 5.69 Å². The van der Waals surface area contributed by atoms with Crippen molar-refractivity contribution in [2.45, 2.75) is 39.5 Å². The zero-order valence-electron chi connectivity index (χ0n) is 25.2. The molecule has 0 aliphatic carbocycles. The van der Waals surface area contributed by atoms with Gasteiger partial charge in [0.15, 0.2) is 0 Å². The van der Waals surface area contributed by atoms with E-state index in [-0.39, 0.29) is 30.5 Å². The average Bonchev–Trinajstić information content (AvgIpc) is 3.06. The maximum Gasteiger partial charge on any atom is 0.335 e. The van der Waals surface area contributed by atoms with Gasteiger partial charge < -0.3 is 19.5 Å². The molecule has 0 unspecified atom stereocenters. The summed E-state index contributed by atoms with van der Waals surface area (Å²) in [5.41, 5.74) is 5.03. The molecule has 228 valence electrons. The van der Waals surface area contributed by atoms with E-state index in [1.54, 1.807) is 29.2 Å². The molecule has 0 saturated heterocycles. The number of benzene rings is 5. The van der Waals surface area contributed by atoms with Gasteiger partial charge in [0.1, 0.15) is 24.7 Å². The second-order valence-corrected chi connectivity index (χ2v) is 12.2. The molecule has 0 aromatic heterocycles. The van der Waals surface area contributed by atoms with Gasteiger partial charge in [-0.15, -0.1) is 0 Å². The maximum atomic E-state index is 14.6.